The molecular weight excluding hydrogens is 1500 g/mol. The minimum absolute atomic E-state index is 0.0212. The van der Waals surface area contributed by atoms with Crippen LogP contribution in [0.3, 0.4) is 0 Å². The van der Waals surface area contributed by atoms with Gasteiger partial charge in [-0.2, -0.15) is 0 Å². The Hall–Kier alpha value is -9.42. The maximum Gasteiger partial charge on any atom is 0.269 e. The highest BCUT2D eigenvalue weighted by Crippen LogP contribution is 2.39. The first-order valence-corrected chi connectivity index (χ1v) is 40.0. The van der Waals surface area contributed by atoms with Crippen LogP contribution >= 0.6 is 34.8 Å². The summed E-state index contributed by atoms with van der Waals surface area (Å²) in [7, 11) is -11.9. The van der Waals surface area contributed by atoms with Crippen molar-refractivity contribution in [3.63, 3.8) is 0 Å². The van der Waals surface area contributed by atoms with Crippen LogP contribution in [0.4, 0.5) is 13.2 Å². The third-order valence-electron chi connectivity index (χ3n) is 19.6. The number of ketones is 1. The summed E-state index contributed by atoms with van der Waals surface area (Å²) in [5, 5.41) is 24.3. The largest absolute Gasteiger partial charge is 0.411 e. The molecule has 2 N–H and O–H groups in total. The zero-order chi connectivity index (χ0) is 75.6. The van der Waals surface area contributed by atoms with Crippen molar-refractivity contribution in [1.82, 2.24) is 56.8 Å². The number of nitrogens with zero attached hydrogens (tertiary/aromatic N) is 13. The lowest BCUT2D eigenvalue weighted by atomic mass is 9.79. The molecule has 3 saturated carbocycles. The van der Waals surface area contributed by atoms with Gasteiger partial charge >= 0.3 is 0 Å². The lowest BCUT2D eigenvalue weighted by Gasteiger charge is -2.27. The first-order valence-electron chi connectivity index (χ1n) is 34.6. The lowest BCUT2D eigenvalue weighted by Crippen LogP contribution is -2.20. The highest BCUT2D eigenvalue weighted by molar-refractivity contribution is 7.90. The number of carbonyl (C=O) groups is 1. The quantitative estimate of drug-likeness (QED) is 0.0671. The molecule has 0 unspecified atom stereocenters. The second kappa shape index (κ2) is 31.8. The molecule has 4 atom stereocenters. The molecule has 0 amide bonds. The van der Waals surface area contributed by atoms with Gasteiger partial charge in [0.25, 0.3) is 30.1 Å². The van der Waals surface area contributed by atoms with Gasteiger partial charge in [-0.1, -0.05) is 106 Å². The van der Waals surface area contributed by atoms with E-state index >= 15 is 0 Å². The van der Waals surface area contributed by atoms with Gasteiger partial charge in [0.2, 0.25) is 0 Å². The summed E-state index contributed by atoms with van der Waals surface area (Å²) in [5.74, 6) is -0.336. The summed E-state index contributed by atoms with van der Waals surface area (Å²) in [6.07, 6.45) is 22.1. The van der Waals surface area contributed by atoms with Crippen molar-refractivity contribution in [2.24, 2.45) is 28.8 Å². The van der Waals surface area contributed by atoms with E-state index in [1.54, 1.807) is 66.7 Å². The Bertz CT molecular complexity index is 5780. The number of aryl methyl sites for hydroxylation is 3. The van der Waals surface area contributed by atoms with Crippen LogP contribution in [0.15, 0.2) is 167 Å². The van der Waals surface area contributed by atoms with Crippen LogP contribution in [0.1, 0.15) is 111 Å². The first kappa shape index (κ1) is 75.8. The Morgan fingerprint density at radius 1 is 0.458 bits per heavy atom. The van der Waals surface area contributed by atoms with Crippen LogP contribution in [0.2, 0.25) is 15.1 Å². The molecule has 3 aliphatic rings. The summed E-state index contributed by atoms with van der Waals surface area (Å²) < 4.78 is 128. The maximum atomic E-state index is 14.7. The van der Waals surface area contributed by atoms with Crippen molar-refractivity contribution in [1.29, 1.82) is 0 Å². The van der Waals surface area contributed by atoms with E-state index in [2.05, 4.69) is 50.0 Å². The van der Waals surface area contributed by atoms with Crippen molar-refractivity contribution < 1.29 is 53.5 Å². The van der Waals surface area contributed by atoms with E-state index in [0.29, 0.717) is 92.2 Å². The molecule has 554 valence electrons. The van der Waals surface area contributed by atoms with E-state index in [-0.39, 0.29) is 102 Å². The Labute approximate surface area is 630 Å². The molecule has 12 aromatic rings. The molecule has 107 heavy (non-hydrogen) atoms. The second-order valence-corrected chi connectivity index (χ2v) is 34.1. The van der Waals surface area contributed by atoms with Gasteiger partial charge in [-0.05, 0) is 170 Å². The van der Waals surface area contributed by atoms with Crippen molar-refractivity contribution in [2.45, 2.75) is 132 Å². The van der Waals surface area contributed by atoms with E-state index in [1.165, 1.54) is 61.4 Å². The van der Waals surface area contributed by atoms with E-state index in [4.69, 9.17) is 40.0 Å². The number of halogens is 6. The van der Waals surface area contributed by atoms with E-state index in [0.717, 1.165) is 105 Å². The normalized spacial score (nSPS) is 17.6. The van der Waals surface area contributed by atoms with E-state index in [9.17, 15) is 48.3 Å². The minimum atomic E-state index is -3.99. The van der Waals surface area contributed by atoms with Crippen LogP contribution < -0.4 is 0 Å². The van der Waals surface area contributed by atoms with Crippen LogP contribution in [-0.2, 0) is 54.1 Å². The van der Waals surface area contributed by atoms with Crippen molar-refractivity contribution in [3.05, 3.63) is 213 Å². The highest BCUT2D eigenvalue weighted by Gasteiger charge is 2.31. The fourth-order valence-corrected chi connectivity index (χ4v) is 18.4. The number of benzene rings is 3. The highest BCUT2D eigenvalue weighted by atomic mass is 35.5. The molecule has 3 fully saturated rings. The summed E-state index contributed by atoms with van der Waals surface area (Å²) in [6, 6.07) is 24.3. The smallest absolute Gasteiger partial charge is 0.269 e. The van der Waals surface area contributed by atoms with Crippen molar-refractivity contribution >= 4 is 109 Å². The Kier molecular flexibility index (Phi) is 22.5. The van der Waals surface area contributed by atoms with E-state index < -0.39 is 47.5 Å². The molecule has 9 aromatic heterocycles. The third kappa shape index (κ3) is 16.5. The number of hydrogen-bond acceptors (Lipinski definition) is 19. The summed E-state index contributed by atoms with van der Waals surface area (Å²) >= 11 is 18.6. The van der Waals surface area contributed by atoms with Gasteiger partial charge in [-0.3, -0.25) is 4.79 Å². The van der Waals surface area contributed by atoms with Crippen LogP contribution in [0.5, 0.6) is 0 Å². The molecule has 0 bridgehead atoms. The van der Waals surface area contributed by atoms with Gasteiger partial charge in [0.05, 0.1) is 71.1 Å². The summed E-state index contributed by atoms with van der Waals surface area (Å²) in [4.78, 5) is 50.9. The molecule has 0 spiro atoms. The number of oxime groups is 1. The van der Waals surface area contributed by atoms with Crippen LogP contribution in [0.25, 0.3) is 67.3 Å². The van der Waals surface area contributed by atoms with Gasteiger partial charge in [0.15, 0.2) is 51.9 Å². The fraction of sp³-hybridized carbons (Fsp3) is 0.303. The molecule has 3 aliphatic carbocycles. The molecule has 31 heteroatoms. The molecule has 0 saturated heterocycles. The average Bonchev–Trinajstić information content (AvgIpc) is 1.61. The monoisotopic (exact) mass is 1570 g/mol. The summed E-state index contributed by atoms with van der Waals surface area (Å²) in [5.41, 5.74) is 5.85. The zero-order valence-corrected chi connectivity index (χ0v) is 62.8. The Balaban J connectivity index is 0.000000142. The van der Waals surface area contributed by atoms with E-state index in [1.807, 2.05) is 20.8 Å². The van der Waals surface area contributed by atoms with Crippen molar-refractivity contribution in [3.8, 4) is 34.2 Å². The average molecular weight is 1570 g/mol. The fourth-order valence-electron chi connectivity index (χ4n) is 14.0. The molecule has 0 radical (unpaired) electrons. The van der Waals surface area contributed by atoms with Crippen LogP contribution in [0, 0.1) is 61.9 Å². The molecule has 22 nitrogen and oxygen atoms in total. The number of aliphatic hydroxyl groups is 1. The predicted molar refractivity (Wildman–Crippen MR) is 400 cm³/mol. The molecular formula is C76H71Cl3F3N13O9S3. The zero-order valence-electron chi connectivity index (χ0n) is 58.0. The standard InChI is InChI=1S/C26H26ClFN4O3S.C25H23ClFN5O3S.C25H22ClFN4O3S/c1-16-5-7-20(8-6-16)36(34,35)32-14-22(21-11-19(27)12-30-26(21)32)25-29-13-23(28)24(31-25)10-17-3-2-4-18(9-17)15-33;1-15-5-7-19(8-6-15)36(34,35)32-14-21(20-11-17(26)12-29-25(20)32)24-28-13-22(27)23(30-24)10-16-3-2-4-18(9-16)31-33;1-15-5-7-19(8-6-15)35(33,34)31-14-21(20-11-17(26)12-29-25(20)31)24-28-13-22(27)23(30-24)10-16-3-2-4-18(32)9-16/h5-8,11-14,17-18,33H,2-4,9-10,15H2,1H3;5-8,11-14,16,33H,2-4,9-10H2,1H3;5-8,11-14,16H,2-4,9-10H2,1H3/b;31-18+;/t17-,18+;2*16-/m000/s1. The van der Waals surface area contributed by atoms with Gasteiger partial charge in [0, 0.05) is 89.5 Å². The summed E-state index contributed by atoms with van der Waals surface area (Å²) in [6.45, 7) is 5.76. The lowest BCUT2D eigenvalue weighted by molar-refractivity contribution is -0.121. The van der Waals surface area contributed by atoms with Crippen LogP contribution in [-0.4, -0.2) is 110 Å². The van der Waals surface area contributed by atoms with Gasteiger partial charge in [-0.15, -0.1) is 0 Å². The number of aromatic nitrogens is 12. The SMILES string of the molecule is Cc1ccc(S(=O)(=O)n2cc(-c3ncc(F)c(C[C@H]4CCC/C(=N\O)C4)n3)c3cc(Cl)cnc32)cc1.Cc1ccc(S(=O)(=O)n2cc(-c3ncc(F)c(C[C@H]4CCCC(=O)C4)n3)c3cc(Cl)cnc32)cc1.Cc1ccc(S(=O)(=O)n2cc(-c3ncc(F)c(C[C@H]4CCC[C@@H](CO)C4)n3)c3cc(Cl)cnc32)cc1. The second-order valence-electron chi connectivity index (χ2n) is 27.3. The predicted octanol–water partition coefficient (Wildman–Crippen LogP) is 15.7. The topological polar surface area (TPSA) is 303 Å². The Morgan fingerprint density at radius 2 is 0.794 bits per heavy atom. The molecule has 15 rings (SSSR count). The number of pyridine rings is 3. The number of aliphatic hydroxyl groups excluding tert-OH is 1. The number of rotatable bonds is 16. The minimum Gasteiger partial charge on any atom is -0.411 e. The molecule has 9 heterocycles. The Morgan fingerprint density at radius 3 is 1.15 bits per heavy atom. The maximum absolute atomic E-state index is 14.7. The van der Waals surface area contributed by atoms with Gasteiger partial charge in [0.1, 0.15) is 5.78 Å². The number of Topliss-reactive ketones (excluding diaryl/α,β-unsaturated/α-hetero) is 1. The molecule has 3 aromatic carbocycles. The first-order chi connectivity index (χ1) is 51.2. The number of carbonyl (C=O) groups excluding carboxylic acids is 1. The number of fused-ring (bicyclic) bond motifs is 3. The molecule has 0 aliphatic heterocycles. The van der Waals surface area contributed by atoms with Gasteiger partial charge < -0.3 is 10.3 Å². The van der Waals surface area contributed by atoms with Gasteiger partial charge in [-0.25, -0.2) is 95.2 Å². The van der Waals surface area contributed by atoms with Crippen molar-refractivity contribution in [2.75, 3.05) is 6.61 Å². The third-order valence-corrected chi connectivity index (χ3v) is 25.2. The number of hydrogen-bond donors (Lipinski definition) is 2.